The third kappa shape index (κ3) is 6.50. The fourth-order valence-electron chi connectivity index (χ4n) is 3.41. The van der Waals surface area contributed by atoms with Crippen LogP contribution in [0.1, 0.15) is 56.6 Å². The number of nitrogens with one attached hydrogen (secondary N) is 2. The summed E-state index contributed by atoms with van der Waals surface area (Å²) in [6, 6.07) is 9.40. The van der Waals surface area contributed by atoms with E-state index >= 15 is 0 Å². The number of hydrogen-bond donors (Lipinski definition) is 2. The molecule has 0 radical (unpaired) electrons. The Kier molecular flexibility index (Phi) is 9.13. The maximum atomic E-state index is 13.2. The lowest BCUT2D eigenvalue weighted by atomic mass is 10.2. The average molecular weight is 564 g/mol. The minimum absolute atomic E-state index is 0.0513. The Morgan fingerprint density at radius 3 is 2.45 bits per heavy atom. The van der Waals surface area contributed by atoms with Crippen LogP contribution in [0, 0.1) is 17.0 Å². The zero-order valence-electron chi connectivity index (χ0n) is 21.7. The molecule has 2 unspecified atom stereocenters. The maximum absolute atomic E-state index is 13.2. The van der Waals surface area contributed by atoms with E-state index < -0.39 is 37.5 Å². The second-order valence-electron chi connectivity index (χ2n) is 8.87. The van der Waals surface area contributed by atoms with Crippen molar-refractivity contribution in [2.75, 3.05) is 0 Å². The molecule has 2 aromatic carbocycles. The zero-order chi connectivity index (χ0) is 28.2. The molecular formula is C25H30ClN5O6S. The van der Waals surface area contributed by atoms with Gasteiger partial charge in [0.15, 0.2) is 5.69 Å². The first-order chi connectivity index (χ1) is 17.9. The smallest absolute Gasteiger partial charge is 0.272 e. The monoisotopic (exact) mass is 563 g/mol. The number of aromatic nitrogens is 2. The highest BCUT2D eigenvalue weighted by atomic mass is 35.5. The number of nitrogens with zero attached hydrogens (tertiary/aromatic N) is 3. The number of nitro groups is 1. The van der Waals surface area contributed by atoms with E-state index in [1.54, 1.807) is 45.0 Å². The second kappa shape index (κ2) is 11.9. The zero-order valence-corrected chi connectivity index (χ0v) is 23.3. The summed E-state index contributed by atoms with van der Waals surface area (Å²) in [7, 11) is -4.21. The molecule has 1 heterocycles. The number of amides is 1. The molecule has 0 bridgehead atoms. The van der Waals surface area contributed by atoms with Crippen molar-refractivity contribution in [1.82, 2.24) is 19.8 Å². The molecule has 0 aliphatic rings. The molecular weight excluding hydrogens is 534 g/mol. The molecule has 0 fully saturated rings. The van der Waals surface area contributed by atoms with Crippen LogP contribution in [-0.4, -0.2) is 41.1 Å². The van der Waals surface area contributed by atoms with E-state index in [2.05, 4.69) is 15.1 Å². The minimum Gasteiger partial charge on any atom is -0.437 e. The van der Waals surface area contributed by atoms with E-state index in [1.807, 2.05) is 13.8 Å². The molecule has 0 aliphatic carbocycles. The average Bonchev–Trinajstić information content (AvgIpc) is 3.19. The van der Waals surface area contributed by atoms with Gasteiger partial charge in [-0.3, -0.25) is 14.9 Å². The lowest BCUT2D eigenvalue weighted by Crippen LogP contribution is -2.32. The number of sulfonamides is 1. The number of nitro benzene ring substituents is 1. The highest BCUT2D eigenvalue weighted by molar-refractivity contribution is 7.89. The summed E-state index contributed by atoms with van der Waals surface area (Å²) in [5.41, 5.74) is 0.449. The molecule has 13 heteroatoms. The molecule has 0 aliphatic heterocycles. The first-order valence-corrected chi connectivity index (χ1v) is 13.9. The Bertz CT molecular complexity index is 1460. The van der Waals surface area contributed by atoms with Crippen molar-refractivity contribution in [1.29, 1.82) is 0 Å². The van der Waals surface area contributed by atoms with Gasteiger partial charge < -0.3 is 10.1 Å². The number of non-ortho nitro benzene ring substituents is 1. The summed E-state index contributed by atoms with van der Waals surface area (Å²) < 4.78 is 36.4. The second-order valence-corrected chi connectivity index (χ2v) is 11.0. The van der Waals surface area contributed by atoms with Gasteiger partial charge in [0.25, 0.3) is 11.6 Å². The molecule has 204 valence electrons. The van der Waals surface area contributed by atoms with E-state index in [4.69, 9.17) is 16.3 Å². The van der Waals surface area contributed by atoms with Crippen LogP contribution in [-0.2, 0) is 10.0 Å². The Labute approximate surface area is 226 Å². The van der Waals surface area contributed by atoms with Crippen molar-refractivity contribution in [3.05, 3.63) is 68.9 Å². The van der Waals surface area contributed by atoms with Gasteiger partial charge in [0.05, 0.1) is 10.6 Å². The van der Waals surface area contributed by atoms with E-state index in [1.165, 1.54) is 10.7 Å². The normalized spacial score (nSPS) is 13.1. The molecule has 1 amide bonds. The lowest BCUT2D eigenvalue weighted by molar-refractivity contribution is -0.385. The van der Waals surface area contributed by atoms with Crippen LogP contribution in [0.15, 0.2) is 47.4 Å². The number of rotatable bonds is 11. The van der Waals surface area contributed by atoms with Crippen molar-refractivity contribution < 1.29 is 22.9 Å². The highest BCUT2D eigenvalue weighted by Crippen LogP contribution is 2.36. The van der Waals surface area contributed by atoms with Gasteiger partial charge in [0, 0.05) is 34.8 Å². The fraction of sp³-hybridized carbons (Fsp3) is 0.360. The van der Waals surface area contributed by atoms with Crippen molar-refractivity contribution in [2.45, 2.75) is 64.4 Å². The van der Waals surface area contributed by atoms with Gasteiger partial charge in [-0.25, -0.2) is 13.1 Å². The summed E-state index contributed by atoms with van der Waals surface area (Å²) in [5, 5.41) is 19.1. The van der Waals surface area contributed by atoms with Crippen LogP contribution < -0.4 is 14.8 Å². The number of halogens is 1. The number of carbonyl (C=O) groups excluding carboxylic acids is 1. The third-order valence-corrected chi connectivity index (χ3v) is 7.77. The van der Waals surface area contributed by atoms with E-state index in [9.17, 15) is 23.3 Å². The Balaban J connectivity index is 2.20. The molecule has 0 saturated heterocycles. The van der Waals surface area contributed by atoms with Crippen molar-refractivity contribution in [2.24, 2.45) is 0 Å². The Morgan fingerprint density at radius 1 is 1.16 bits per heavy atom. The van der Waals surface area contributed by atoms with Gasteiger partial charge in [-0.05, 0) is 57.9 Å². The molecule has 11 nitrogen and oxygen atoms in total. The van der Waals surface area contributed by atoms with Crippen molar-refractivity contribution >= 4 is 33.2 Å². The topological polar surface area (TPSA) is 145 Å². The van der Waals surface area contributed by atoms with Crippen LogP contribution in [0.25, 0.3) is 5.69 Å². The predicted octanol–water partition coefficient (Wildman–Crippen LogP) is 5.14. The number of hydrogen-bond acceptors (Lipinski definition) is 7. The maximum Gasteiger partial charge on any atom is 0.272 e. The summed E-state index contributed by atoms with van der Waals surface area (Å²) in [4.78, 5) is 23.3. The minimum atomic E-state index is -4.21. The molecule has 0 spiro atoms. The van der Waals surface area contributed by atoms with Crippen molar-refractivity contribution in [3.8, 4) is 17.3 Å². The predicted molar refractivity (Wildman–Crippen MR) is 144 cm³/mol. The Morgan fingerprint density at radius 2 is 1.84 bits per heavy atom. The number of carbonyl (C=O) groups is 1. The summed E-state index contributed by atoms with van der Waals surface area (Å²) >= 11 is 6.19. The summed E-state index contributed by atoms with van der Waals surface area (Å²) in [6.45, 7) is 8.89. The third-order valence-electron chi connectivity index (χ3n) is 5.93. The van der Waals surface area contributed by atoms with Crippen LogP contribution in [0.4, 0.5) is 5.69 Å². The molecule has 2 N–H and O–H groups in total. The molecule has 3 rings (SSSR count). The molecule has 0 saturated carbocycles. The lowest BCUT2D eigenvalue weighted by Gasteiger charge is -2.16. The largest absolute Gasteiger partial charge is 0.437 e. The van der Waals surface area contributed by atoms with E-state index in [0.717, 1.165) is 12.1 Å². The van der Waals surface area contributed by atoms with Gasteiger partial charge >= 0.3 is 0 Å². The van der Waals surface area contributed by atoms with Gasteiger partial charge in [0.2, 0.25) is 15.9 Å². The Hall–Kier alpha value is -3.48. The van der Waals surface area contributed by atoms with E-state index in [-0.39, 0.29) is 23.4 Å². The van der Waals surface area contributed by atoms with Crippen LogP contribution in [0.2, 0.25) is 5.02 Å². The highest BCUT2D eigenvalue weighted by Gasteiger charge is 2.28. The summed E-state index contributed by atoms with van der Waals surface area (Å²) in [5.74, 6) is -0.556. The van der Waals surface area contributed by atoms with E-state index in [0.29, 0.717) is 29.1 Å². The fourth-order valence-corrected chi connectivity index (χ4v) is 5.07. The molecule has 38 heavy (non-hydrogen) atoms. The van der Waals surface area contributed by atoms with Gasteiger partial charge in [-0.2, -0.15) is 9.78 Å². The number of benzene rings is 2. The van der Waals surface area contributed by atoms with Gasteiger partial charge in [-0.1, -0.05) is 31.5 Å². The summed E-state index contributed by atoms with van der Waals surface area (Å²) in [6.07, 6.45) is 1.20. The molecule has 1 aromatic heterocycles. The standard InChI is InChI=1S/C25H30ClN5O6S/c1-6-15(3)27-24(32)23-17(5)25(30(28-23)19-10-8-9-18(26)13-19)37-21-12-11-20(31(33)34)14-22(21)38(35,36)29-16(4)7-2/h8-16,29H,6-7H2,1-5H3,(H,27,32). The SMILES string of the molecule is CCC(C)NC(=O)c1nn(-c2cccc(Cl)c2)c(Oc2ccc([N+](=O)[O-])cc2S(=O)(=O)NC(C)CC)c1C. The molecule has 3 aromatic rings. The van der Waals surface area contributed by atoms with Crippen LogP contribution in [0.3, 0.4) is 0 Å². The first-order valence-electron chi connectivity index (χ1n) is 12.0. The van der Waals surface area contributed by atoms with Crippen molar-refractivity contribution in [3.63, 3.8) is 0 Å². The number of ether oxygens (including phenoxy) is 1. The quantitative estimate of drug-likeness (QED) is 0.242. The molecule has 2 atom stereocenters. The van der Waals surface area contributed by atoms with Gasteiger partial charge in [0.1, 0.15) is 10.6 Å². The van der Waals surface area contributed by atoms with Crippen LogP contribution >= 0.6 is 11.6 Å². The first kappa shape index (κ1) is 29.1. The van der Waals surface area contributed by atoms with Gasteiger partial charge in [-0.15, -0.1) is 0 Å². The van der Waals surface area contributed by atoms with Crippen LogP contribution in [0.5, 0.6) is 11.6 Å².